The van der Waals surface area contributed by atoms with Crippen LogP contribution in [0.1, 0.15) is 24.4 Å². The predicted octanol–water partition coefficient (Wildman–Crippen LogP) is 1.29. The van der Waals surface area contributed by atoms with E-state index in [9.17, 15) is 14.7 Å². The third-order valence-electron chi connectivity index (χ3n) is 3.42. The summed E-state index contributed by atoms with van der Waals surface area (Å²) in [5, 5.41) is 14.4. The maximum atomic E-state index is 11.8. The minimum atomic E-state index is -1.09. The molecule has 3 N–H and O–H groups in total. The number of nitrogens with one attached hydrogen (secondary N) is 2. The van der Waals surface area contributed by atoms with Crippen LogP contribution in [0.25, 0.3) is 0 Å². The van der Waals surface area contributed by atoms with Crippen molar-refractivity contribution in [3.8, 4) is 0 Å². The highest BCUT2D eigenvalue weighted by molar-refractivity contribution is 5.83. The minimum absolute atomic E-state index is 0.0465. The molecule has 1 aromatic carbocycles. The van der Waals surface area contributed by atoms with E-state index in [1.807, 2.05) is 0 Å². The highest BCUT2D eigenvalue weighted by Crippen LogP contribution is 2.22. The molecule has 0 radical (unpaired) electrons. The lowest BCUT2D eigenvalue weighted by atomic mass is 9.89. The van der Waals surface area contributed by atoms with Crippen LogP contribution >= 0.6 is 0 Å². The van der Waals surface area contributed by atoms with Gasteiger partial charge < -0.3 is 20.5 Å². The average Bonchev–Trinajstić information content (AvgIpc) is 2.40. The maximum Gasteiger partial charge on any atom is 0.330 e. The topological polar surface area (TPSA) is 87.7 Å². The molecule has 0 aliphatic heterocycles. The Morgan fingerprint density at radius 1 is 1.30 bits per heavy atom. The van der Waals surface area contributed by atoms with Crippen molar-refractivity contribution < 1.29 is 19.4 Å². The quantitative estimate of drug-likeness (QED) is 0.757. The van der Waals surface area contributed by atoms with E-state index in [0.717, 1.165) is 12.8 Å². The lowest BCUT2D eigenvalue weighted by Gasteiger charge is -2.34. The van der Waals surface area contributed by atoms with E-state index < -0.39 is 18.0 Å². The van der Waals surface area contributed by atoms with E-state index in [2.05, 4.69) is 10.6 Å². The summed E-state index contributed by atoms with van der Waals surface area (Å²) >= 11 is 0. The van der Waals surface area contributed by atoms with Crippen LogP contribution in [0.2, 0.25) is 0 Å². The third-order valence-corrected chi connectivity index (χ3v) is 3.42. The Kier molecular flexibility index (Phi) is 4.57. The van der Waals surface area contributed by atoms with Gasteiger partial charge in [0.15, 0.2) is 6.04 Å². The van der Waals surface area contributed by atoms with Crippen LogP contribution in [-0.2, 0) is 9.53 Å². The summed E-state index contributed by atoms with van der Waals surface area (Å²) in [5.41, 5.74) is 0.540. The molecule has 1 aliphatic rings. The van der Waals surface area contributed by atoms with E-state index in [0.29, 0.717) is 5.56 Å². The van der Waals surface area contributed by atoms with Crippen molar-refractivity contribution in [3.63, 3.8) is 0 Å². The SMILES string of the molecule is COC1CC(NC(=O)NC(C(=O)O)c2ccccc2)C1. The van der Waals surface area contributed by atoms with Crippen molar-refractivity contribution in [3.05, 3.63) is 35.9 Å². The van der Waals surface area contributed by atoms with Crippen LogP contribution in [0.15, 0.2) is 30.3 Å². The number of methoxy groups -OCH3 is 1. The molecule has 20 heavy (non-hydrogen) atoms. The molecule has 108 valence electrons. The van der Waals surface area contributed by atoms with Crippen molar-refractivity contribution in [2.75, 3.05) is 7.11 Å². The Balaban J connectivity index is 1.89. The number of ether oxygens (including phenoxy) is 1. The molecule has 1 unspecified atom stereocenters. The monoisotopic (exact) mass is 278 g/mol. The van der Waals surface area contributed by atoms with E-state index in [-0.39, 0.29) is 12.1 Å². The fourth-order valence-corrected chi connectivity index (χ4v) is 2.17. The number of carbonyl (C=O) groups excluding carboxylic acids is 1. The molecular weight excluding hydrogens is 260 g/mol. The van der Waals surface area contributed by atoms with Gasteiger partial charge in [0, 0.05) is 13.2 Å². The van der Waals surface area contributed by atoms with E-state index >= 15 is 0 Å². The van der Waals surface area contributed by atoms with Crippen molar-refractivity contribution >= 4 is 12.0 Å². The Hall–Kier alpha value is -2.08. The molecule has 1 aliphatic carbocycles. The molecular formula is C14H18N2O4. The second kappa shape index (κ2) is 6.38. The first-order valence-corrected chi connectivity index (χ1v) is 6.47. The predicted molar refractivity (Wildman–Crippen MR) is 72.3 cm³/mol. The number of hydrogen-bond acceptors (Lipinski definition) is 3. The van der Waals surface area contributed by atoms with Gasteiger partial charge >= 0.3 is 12.0 Å². The number of amides is 2. The Morgan fingerprint density at radius 3 is 2.50 bits per heavy atom. The molecule has 0 saturated heterocycles. The second-order valence-corrected chi connectivity index (χ2v) is 4.83. The first-order chi connectivity index (χ1) is 9.60. The van der Waals surface area contributed by atoms with Gasteiger partial charge in [-0.1, -0.05) is 30.3 Å². The summed E-state index contributed by atoms with van der Waals surface area (Å²) in [6.45, 7) is 0. The van der Waals surface area contributed by atoms with Crippen LogP contribution in [-0.4, -0.2) is 36.4 Å². The summed E-state index contributed by atoms with van der Waals surface area (Å²) < 4.78 is 5.12. The second-order valence-electron chi connectivity index (χ2n) is 4.83. The van der Waals surface area contributed by atoms with Gasteiger partial charge in [0.2, 0.25) is 0 Å². The van der Waals surface area contributed by atoms with Gasteiger partial charge in [-0.3, -0.25) is 0 Å². The Bertz CT molecular complexity index is 471. The first kappa shape index (κ1) is 14.3. The van der Waals surface area contributed by atoms with Gasteiger partial charge in [0.05, 0.1) is 6.10 Å². The molecule has 0 aromatic heterocycles. The molecule has 2 rings (SSSR count). The minimum Gasteiger partial charge on any atom is -0.479 e. The number of carbonyl (C=O) groups is 2. The van der Waals surface area contributed by atoms with E-state index in [4.69, 9.17) is 4.74 Å². The van der Waals surface area contributed by atoms with Crippen LogP contribution in [0.5, 0.6) is 0 Å². The Morgan fingerprint density at radius 2 is 1.95 bits per heavy atom. The molecule has 1 fully saturated rings. The molecule has 0 heterocycles. The first-order valence-electron chi connectivity index (χ1n) is 6.47. The molecule has 0 bridgehead atoms. The van der Waals surface area contributed by atoms with Gasteiger partial charge in [-0.05, 0) is 18.4 Å². The number of urea groups is 1. The van der Waals surface area contributed by atoms with Crippen LogP contribution in [0.4, 0.5) is 4.79 Å². The van der Waals surface area contributed by atoms with Crippen molar-refractivity contribution in [2.24, 2.45) is 0 Å². The highest BCUT2D eigenvalue weighted by atomic mass is 16.5. The van der Waals surface area contributed by atoms with Crippen molar-refractivity contribution in [1.82, 2.24) is 10.6 Å². The van der Waals surface area contributed by atoms with Crippen LogP contribution < -0.4 is 10.6 Å². The van der Waals surface area contributed by atoms with E-state index in [1.54, 1.807) is 37.4 Å². The largest absolute Gasteiger partial charge is 0.479 e. The van der Waals surface area contributed by atoms with Gasteiger partial charge in [-0.15, -0.1) is 0 Å². The number of aliphatic carboxylic acids is 1. The van der Waals surface area contributed by atoms with Gasteiger partial charge in [0.1, 0.15) is 0 Å². The molecule has 6 heteroatoms. The van der Waals surface area contributed by atoms with Gasteiger partial charge in [-0.25, -0.2) is 9.59 Å². The summed E-state index contributed by atoms with van der Waals surface area (Å²) in [6, 6.07) is 7.13. The lowest BCUT2D eigenvalue weighted by molar-refractivity contribution is -0.139. The highest BCUT2D eigenvalue weighted by Gasteiger charge is 2.31. The number of rotatable bonds is 5. The van der Waals surface area contributed by atoms with Crippen LogP contribution in [0, 0.1) is 0 Å². The summed E-state index contributed by atoms with van der Waals surface area (Å²) in [7, 11) is 1.64. The molecule has 1 saturated carbocycles. The van der Waals surface area contributed by atoms with Crippen molar-refractivity contribution in [1.29, 1.82) is 0 Å². The zero-order chi connectivity index (χ0) is 14.5. The molecule has 0 spiro atoms. The maximum absolute atomic E-state index is 11.8. The average molecular weight is 278 g/mol. The van der Waals surface area contributed by atoms with Gasteiger partial charge in [-0.2, -0.15) is 0 Å². The summed E-state index contributed by atoms with van der Waals surface area (Å²) in [4.78, 5) is 23.0. The summed E-state index contributed by atoms with van der Waals surface area (Å²) in [6.07, 6.45) is 1.70. The Labute approximate surface area is 117 Å². The number of carboxylic acid groups (broad SMARTS) is 1. The molecule has 1 aromatic rings. The fraction of sp³-hybridized carbons (Fsp3) is 0.429. The zero-order valence-corrected chi connectivity index (χ0v) is 11.2. The molecule has 1 atom stereocenters. The number of carboxylic acids is 1. The van der Waals surface area contributed by atoms with E-state index in [1.165, 1.54) is 0 Å². The zero-order valence-electron chi connectivity index (χ0n) is 11.2. The fourth-order valence-electron chi connectivity index (χ4n) is 2.17. The standard InChI is InChI=1S/C14H18N2O4/c1-20-11-7-10(8-11)15-14(19)16-12(13(17)18)9-5-3-2-4-6-9/h2-6,10-12H,7-8H2,1H3,(H,17,18)(H2,15,16,19). The van der Waals surface area contributed by atoms with Crippen LogP contribution in [0.3, 0.4) is 0 Å². The van der Waals surface area contributed by atoms with Crippen molar-refractivity contribution in [2.45, 2.75) is 31.0 Å². The number of hydrogen-bond donors (Lipinski definition) is 3. The number of benzene rings is 1. The smallest absolute Gasteiger partial charge is 0.330 e. The third kappa shape index (κ3) is 3.48. The normalized spacial score (nSPS) is 22.4. The molecule has 6 nitrogen and oxygen atoms in total. The summed E-state index contributed by atoms with van der Waals surface area (Å²) in [5.74, 6) is -1.09. The molecule has 2 amide bonds. The lowest BCUT2D eigenvalue weighted by Crippen LogP contribution is -2.51. The van der Waals surface area contributed by atoms with Gasteiger partial charge in [0.25, 0.3) is 0 Å².